The van der Waals surface area contributed by atoms with Gasteiger partial charge in [-0.15, -0.1) is 11.6 Å². The summed E-state index contributed by atoms with van der Waals surface area (Å²) in [5, 5.41) is 2.32. The molecule has 2 fully saturated rings. The van der Waals surface area contributed by atoms with Gasteiger partial charge < -0.3 is 10.2 Å². The highest BCUT2D eigenvalue weighted by molar-refractivity contribution is 7.92. The minimum atomic E-state index is -3.14. The molecule has 21 heavy (non-hydrogen) atoms. The summed E-state index contributed by atoms with van der Waals surface area (Å²) in [6.45, 7) is -0.0452. The van der Waals surface area contributed by atoms with Gasteiger partial charge in [0.1, 0.15) is 0 Å². The minimum Gasteiger partial charge on any atom is -0.341 e. The monoisotopic (exact) mass is 358 g/mol. The predicted octanol–water partition coefficient (Wildman–Crippen LogP) is -1.37. The average Bonchev–Trinajstić information content (AvgIpc) is 2.84. The summed E-state index contributed by atoms with van der Waals surface area (Å²) in [6, 6.07) is -0.746. The van der Waals surface area contributed by atoms with E-state index >= 15 is 0 Å². The van der Waals surface area contributed by atoms with E-state index in [0.29, 0.717) is 6.42 Å². The Balaban J connectivity index is 1.85. The second kappa shape index (κ2) is 6.02. The Morgan fingerprint density at radius 2 is 1.86 bits per heavy atom. The Bertz CT molecular complexity index is 619. The van der Waals surface area contributed by atoms with Crippen molar-refractivity contribution in [3.8, 4) is 0 Å². The summed E-state index contributed by atoms with van der Waals surface area (Å²) >= 11 is 5.94. The third kappa shape index (κ3) is 4.30. The molecule has 0 aliphatic carbocycles. The Kier molecular flexibility index (Phi) is 4.87. The summed E-state index contributed by atoms with van der Waals surface area (Å²) in [7, 11) is -4.62. The molecule has 2 heterocycles. The van der Waals surface area contributed by atoms with Crippen LogP contribution in [0.4, 0.5) is 0 Å². The van der Waals surface area contributed by atoms with Crippen LogP contribution in [-0.4, -0.2) is 81.7 Å². The fraction of sp³-hybridized carbons (Fsp3) is 0.909. The quantitative estimate of drug-likeness (QED) is 0.622. The summed E-state index contributed by atoms with van der Waals surface area (Å²) < 4.78 is 45.7. The molecule has 0 radical (unpaired) electrons. The van der Waals surface area contributed by atoms with Crippen molar-refractivity contribution in [2.75, 3.05) is 36.6 Å². The summed E-state index contributed by atoms with van der Waals surface area (Å²) in [6.07, 6.45) is 0.445. The molecule has 0 bridgehead atoms. The lowest BCUT2D eigenvalue weighted by Crippen LogP contribution is -2.46. The number of nitrogens with zero attached hydrogens (tertiary/aromatic N) is 1. The van der Waals surface area contributed by atoms with Crippen LogP contribution < -0.4 is 5.32 Å². The number of alkyl halides is 1. The van der Waals surface area contributed by atoms with Gasteiger partial charge in [-0.2, -0.15) is 0 Å². The topological polar surface area (TPSA) is 101 Å². The number of hydrogen-bond donors (Lipinski definition) is 1. The second-order valence-corrected chi connectivity index (χ2v) is 10.6. The first-order valence-corrected chi connectivity index (χ1v) is 10.7. The van der Waals surface area contributed by atoms with E-state index in [1.165, 1.54) is 4.90 Å². The first kappa shape index (κ1) is 17.0. The largest absolute Gasteiger partial charge is 0.341 e. The van der Waals surface area contributed by atoms with E-state index in [2.05, 4.69) is 5.32 Å². The predicted molar refractivity (Wildman–Crippen MR) is 79.9 cm³/mol. The van der Waals surface area contributed by atoms with Crippen LogP contribution in [0.1, 0.15) is 6.42 Å². The van der Waals surface area contributed by atoms with Crippen molar-refractivity contribution < 1.29 is 21.6 Å². The number of rotatable bonds is 4. The zero-order chi connectivity index (χ0) is 15.8. The van der Waals surface area contributed by atoms with Crippen LogP contribution in [0.15, 0.2) is 0 Å². The van der Waals surface area contributed by atoms with Gasteiger partial charge in [0.2, 0.25) is 5.91 Å². The third-order valence-electron chi connectivity index (χ3n) is 3.95. The average molecular weight is 359 g/mol. The van der Waals surface area contributed by atoms with Gasteiger partial charge in [-0.25, -0.2) is 16.8 Å². The van der Waals surface area contributed by atoms with Gasteiger partial charge in [-0.3, -0.25) is 4.79 Å². The van der Waals surface area contributed by atoms with Crippen LogP contribution in [0.2, 0.25) is 0 Å². The zero-order valence-electron chi connectivity index (χ0n) is 11.7. The lowest BCUT2D eigenvalue weighted by atomic mass is 10.2. The van der Waals surface area contributed by atoms with Crippen molar-refractivity contribution in [2.24, 2.45) is 0 Å². The molecule has 0 aromatic heterocycles. The highest BCUT2D eigenvalue weighted by atomic mass is 35.5. The standard InChI is InChI=1S/C11H19ClN2O5S2/c1-14(8-2-3-20(16,17)5-8)11(15)4-13-10-7-21(18,19)6-9(10)12/h8-10,13H,2-7H2,1H3. The maximum atomic E-state index is 12.0. The van der Waals surface area contributed by atoms with E-state index in [9.17, 15) is 21.6 Å². The fourth-order valence-electron chi connectivity index (χ4n) is 2.62. The Labute approximate surface area is 129 Å². The van der Waals surface area contributed by atoms with E-state index in [4.69, 9.17) is 11.6 Å². The number of sulfone groups is 2. The molecule has 0 saturated carbocycles. The van der Waals surface area contributed by atoms with Crippen molar-refractivity contribution in [2.45, 2.75) is 23.9 Å². The SMILES string of the molecule is CN(C(=O)CNC1CS(=O)(=O)CC1Cl)C1CCS(=O)(=O)C1. The second-order valence-electron chi connectivity index (χ2n) is 5.64. The van der Waals surface area contributed by atoms with E-state index in [1.54, 1.807) is 7.05 Å². The summed E-state index contributed by atoms with van der Waals surface area (Å²) in [4.78, 5) is 13.5. The maximum Gasteiger partial charge on any atom is 0.236 e. The Hall–Kier alpha value is -0.380. The highest BCUT2D eigenvalue weighted by Gasteiger charge is 2.37. The number of nitrogens with one attached hydrogen (secondary N) is 1. The van der Waals surface area contributed by atoms with Crippen LogP contribution >= 0.6 is 11.6 Å². The van der Waals surface area contributed by atoms with Crippen molar-refractivity contribution in [1.29, 1.82) is 0 Å². The number of carbonyl (C=O) groups is 1. The molecule has 3 atom stereocenters. The smallest absolute Gasteiger partial charge is 0.236 e. The van der Waals surface area contributed by atoms with Gasteiger partial charge in [0.15, 0.2) is 19.7 Å². The van der Waals surface area contributed by atoms with Gasteiger partial charge in [-0.05, 0) is 6.42 Å². The molecule has 0 aromatic carbocycles. The fourth-order valence-corrected chi connectivity index (χ4v) is 7.00. The van der Waals surface area contributed by atoms with Crippen LogP contribution in [0.3, 0.4) is 0 Å². The molecule has 2 rings (SSSR count). The number of hydrogen-bond acceptors (Lipinski definition) is 6. The molecule has 2 aliphatic heterocycles. The number of halogens is 1. The van der Waals surface area contributed by atoms with Gasteiger partial charge in [0.05, 0.1) is 34.9 Å². The molecule has 2 aliphatic rings. The number of carbonyl (C=O) groups excluding carboxylic acids is 1. The normalized spacial score (nSPS) is 33.9. The minimum absolute atomic E-state index is 0.00875. The molecule has 10 heteroatoms. The van der Waals surface area contributed by atoms with Crippen molar-refractivity contribution in [3.05, 3.63) is 0 Å². The number of likely N-dealkylation sites (N-methyl/N-ethyl adjacent to an activating group) is 1. The van der Waals surface area contributed by atoms with Crippen LogP contribution in [-0.2, 0) is 24.5 Å². The van der Waals surface area contributed by atoms with Crippen LogP contribution in [0.25, 0.3) is 0 Å². The van der Waals surface area contributed by atoms with Gasteiger partial charge in [-0.1, -0.05) is 0 Å². The van der Waals surface area contributed by atoms with E-state index in [0.717, 1.165) is 0 Å². The van der Waals surface area contributed by atoms with Crippen molar-refractivity contribution in [3.63, 3.8) is 0 Å². The van der Waals surface area contributed by atoms with E-state index in [-0.39, 0.29) is 41.5 Å². The van der Waals surface area contributed by atoms with Gasteiger partial charge in [0.25, 0.3) is 0 Å². The summed E-state index contributed by atoms with van der Waals surface area (Å²) in [5.41, 5.74) is 0. The molecular weight excluding hydrogens is 340 g/mol. The lowest BCUT2D eigenvalue weighted by Gasteiger charge is -2.24. The first-order valence-electron chi connectivity index (χ1n) is 6.63. The van der Waals surface area contributed by atoms with E-state index in [1.807, 2.05) is 0 Å². The highest BCUT2D eigenvalue weighted by Crippen LogP contribution is 2.19. The molecule has 0 spiro atoms. The van der Waals surface area contributed by atoms with Gasteiger partial charge in [0, 0.05) is 19.1 Å². The first-order chi connectivity index (χ1) is 9.60. The lowest BCUT2D eigenvalue weighted by molar-refractivity contribution is -0.130. The van der Waals surface area contributed by atoms with Crippen molar-refractivity contribution in [1.82, 2.24) is 10.2 Å². The molecule has 1 amide bonds. The maximum absolute atomic E-state index is 12.0. The Morgan fingerprint density at radius 1 is 1.19 bits per heavy atom. The molecule has 0 aromatic rings. The van der Waals surface area contributed by atoms with Gasteiger partial charge >= 0.3 is 0 Å². The molecular formula is C11H19ClN2O5S2. The Morgan fingerprint density at radius 3 is 2.33 bits per heavy atom. The molecule has 7 nitrogen and oxygen atoms in total. The van der Waals surface area contributed by atoms with Crippen molar-refractivity contribution >= 4 is 37.2 Å². The molecule has 2 saturated heterocycles. The third-order valence-corrected chi connectivity index (χ3v) is 8.07. The van der Waals surface area contributed by atoms with Crippen LogP contribution in [0, 0.1) is 0 Å². The molecule has 3 unspecified atom stereocenters. The van der Waals surface area contributed by atoms with E-state index < -0.39 is 31.1 Å². The van der Waals surface area contributed by atoms with Crippen LogP contribution in [0.5, 0.6) is 0 Å². The summed E-state index contributed by atoms with van der Waals surface area (Å²) in [5.74, 6) is -0.323. The zero-order valence-corrected chi connectivity index (χ0v) is 14.0. The number of amides is 1. The molecule has 122 valence electrons. The molecule has 1 N–H and O–H groups in total.